The summed E-state index contributed by atoms with van der Waals surface area (Å²) in [6.45, 7) is 2.24. The van der Waals surface area contributed by atoms with Crippen LogP contribution in [0.4, 0.5) is 0 Å². The van der Waals surface area contributed by atoms with Gasteiger partial charge in [-0.3, -0.25) is 29.2 Å². The molecular formula is C25H23N7O4. The summed E-state index contributed by atoms with van der Waals surface area (Å²) in [5, 5.41) is 17.9. The first kappa shape index (κ1) is 22.1. The molecule has 11 heteroatoms. The fourth-order valence-corrected chi connectivity index (χ4v) is 5.01. The largest absolute Gasteiger partial charge is 0.384 e. The lowest BCUT2D eigenvalue weighted by molar-refractivity contribution is -0.140. The highest BCUT2D eigenvalue weighted by molar-refractivity contribution is 6.01. The highest BCUT2D eigenvalue weighted by atomic mass is 16.3. The van der Waals surface area contributed by atoms with Crippen molar-refractivity contribution in [3.63, 3.8) is 0 Å². The van der Waals surface area contributed by atoms with Gasteiger partial charge < -0.3 is 10.0 Å². The number of aliphatic hydroxyl groups is 1. The van der Waals surface area contributed by atoms with E-state index in [0.29, 0.717) is 48.2 Å². The minimum absolute atomic E-state index is 0.256. The SMILES string of the molecule is C[C@H](O)C(=O)N1CCC(n2c(=O)[nH]c(=O)c3cnc4ccc(-c5ccc6[nH]ncc6c5)nc4c32)CC1. The lowest BCUT2D eigenvalue weighted by Crippen LogP contribution is -2.45. The highest BCUT2D eigenvalue weighted by Gasteiger charge is 2.28. The molecule has 182 valence electrons. The highest BCUT2D eigenvalue weighted by Crippen LogP contribution is 2.29. The number of fused-ring (bicyclic) bond motifs is 4. The zero-order valence-corrected chi connectivity index (χ0v) is 19.4. The van der Waals surface area contributed by atoms with Gasteiger partial charge in [0.1, 0.15) is 11.6 Å². The zero-order chi connectivity index (χ0) is 25.0. The maximum Gasteiger partial charge on any atom is 0.329 e. The van der Waals surface area contributed by atoms with Crippen molar-refractivity contribution in [3.8, 4) is 11.3 Å². The third-order valence-electron chi connectivity index (χ3n) is 6.85. The number of amides is 1. The number of carbonyl (C=O) groups is 1. The van der Waals surface area contributed by atoms with Crippen LogP contribution in [0.5, 0.6) is 0 Å². The minimum atomic E-state index is -1.07. The number of piperidine rings is 1. The summed E-state index contributed by atoms with van der Waals surface area (Å²) < 4.78 is 1.58. The third-order valence-corrected chi connectivity index (χ3v) is 6.85. The van der Waals surface area contributed by atoms with Gasteiger partial charge in [-0.25, -0.2) is 9.78 Å². The van der Waals surface area contributed by atoms with Crippen molar-refractivity contribution >= 4 is 38.7 Å². The molecule has 1 fully saturated rings. The van der Waals surface area contributed by atoms with Crippen LogP contribution in [0, 0.1) is 0 Å². The third kappa shape index (κ3) is 3.55. The molecule has 0 bridgehead atoms. The van der Waals surface area contributed by atoms with Gasteiger partial charge >= 0.3 is 5.69 Å². The summed E-state index contributed by atoms with van der Waals surface area (Å²) in [5.41, 5.74) is 2.87. The molecule has 0 unspecified atom stereocenters. The van der Waals surface area contributed by atoms with Gasteiger partial charge in [0.2, 0.25) is 0 Å². The Kier molecular flexibility index (Phi) is 5.15. The lowest BCUT2D eigenvalue weighted by atomic mass is 10.0. The normalized spacial score (nSPS) is 15.7. The van der Waals surface area contributed by atoms with E-state index in [9.17, 15) is 19.5 Å². The maximum absolute atomic E-state index is 13.1. The van der Waals surface area contributed by atoms with E-state index in [1.54, 1.807) is 15.7 Å². The number of nitrogens with zero attached hydrogens (tertiary/aromatic N) is 5. The Morgan fingerprint density at radius 2 is 1.94 bits per heavy atom. The smallest absolute Gasteiger partial charge is 0.329 e. The molecule has 1 aliphatic rings. The van der Waals surface area contributed by atoms with Crippen LogP contribution >= 0.6 is 0 Å². The fourth-order valence-electron chi connectivity index (χ4n) is 5.01. The number of aromatic nitrogens is 6. The molecule has 36 heavy (non-hydrogen) atoms. The molecule has 6 rings (SSSR count). The zero-order valence-electron chi connectivity index (χ0n) is 19.4. The summed E-state index contributed by atoms with van der Waals surface area (Å²) in [6, 6.07) is 9.26. The molecule has 0 spiro atoms. The quantitative estimate of drug-likeness (QED) is 0.329. The first-order valence-electron chi connectivity index (χ1n) is 11.8. The van der Waals surface area contributed by atoms with Crippen LogP contribution in [0.15, 0.2) is 52.3 Å². The number of aliphatic hydroxyl groups excluding tert-OH is 1. The average molecular weight is 486 g/mol. The number of carbonyl (C=O) groups excluding carboxylic acids is 1. The fraction of sp³-hybridized carbons (Fsp3) is 0.280. The molecule has 4 aromatic heterocycles. The number of benzene rings is 1. The summed E-state index contributed by atoms with van der Waals surface area (Å²) in [4.78, 5) is 51.4. The van der Waals surface area contributed by atoms with Crippen LogP contribution in [0.2, 0.25) is 0 Å². The number of nitrogens with one attached hydrogen (secondary N) is 2. The summed E-state index contributed by atoms with van der Waals surface area (Å²) in [6.07, 6.45) is 3.14. The van der Waals surface area contributed by atoms with E-state index in [-0.39, 0.29) is 17.3 Å². The Hall–Kier alpha value is -4.38. The monoisotopic (exact) mass is 485 g/mol. The molecule has 11 nitrogen and oxygen atoms in total. The predicted molar refractivity (Wildman–Crippen MR) is 134 cm³/mol. The van der Waals surface area contributed by atoms with Crippen molar-refractivity contribution in [2.24, 2.45) is 0 Å². The second-order valence-corrected chi connectivity index (χ2v) is 9.12. The minimum Gasteiger partial charge on any atom is -0.384 e. The number of aromatic amines is 2. The Labute approximate surface area is 203 Å². The van der Waals surface area contributed by atoms with Crippen LogP contribution in [-0.4, -0.2) is 64.8 Å². The van der Waals surface area contributed by atoms with Gasteiger partial charge in [0.25, 0.3) is 11.5 Å². The van der Waals surface area contributed by atoms with Crippen molar-refractivity contribution in [3.05, 3.63) is 63.6 Å². The van der Waals surface area contributed by atoms with Gasteiger partial charge in [-0.1, -0.05) is 6.07 Å². The number of likely N-dealkylation sites (tertiary alicyclic amines) is 1. The molecule has 1 aliphatic heterocycles. The van der Waals surface area contributed by atoms with Gasteiger partial charge in [-0.15, -0.1) is 0 Å². The van der Waals surface area contributed by atoms with Gasteiger partial charge in [-0.05, 0) is 44.0 Å². The molecule has 3 N–H and O–H groups in total. The molecule has 5 heterocycles. The van der Waals surface area contributed by atoms with E-state index in [4.69, 9.17) is 4.98 Å². The van der Waals surface area contributed by atoms with Crippen LogP contribution < -0.4 is 11.2 Å². The van der Waals surface area contributed by atoms with E-state index in [1.165, 1.54) is 13.1 Å². The molecule has 1 aromatic carbocycles. The van der Waals surface area contributed by atoms with E-state index in [2.05, 4.69) is 20.2 Å². The van der Waals surface area contributed by atoms with Crippen LogP contribution in [0.25, 0.3) is 44.1 Å². The van der Waals surface area contributed by atoms with Gasteiger partial charge in [-0.2, -0.15) is 5.10 Å². The van der Waals surface area contributed by atoms with Crippen molar-refractivity contribution in [1.82, 2.24) is 34.6 Å². The van der Waals surface area contributed by atoms with Crippen molar-refractivity contribution in [1.29, 1.82) is 0 Å². The van der Waals surface area contributed by atoms with Crippen LogP contribution in [0.1, 0.15) is 25.8 Å². The number of H-pyrrole nitrogens is 2. The summed E-state index contributed by atoms with van der Waals surface area (Å²) >= 11 is 0. The van der Waals surface area contributed by atoms with E-state index < -0.39 is 17.4 Å². The van der Waals surface area contributed by atoms with Gasteiger partial charge in [0, 0.05) is 36.3 Å². The van der Waals surface area contributed by atoms with E-state index in [1.807, 2.05) is 30.3 Å². The van der Waals surface area contributed by atoms with E-state index >= 15 is 0 Å². The summed E-state index contributed by atoms with van der Waals surface area (Å²) in [5.74, 6) is -0.331. The Bertz CT molecular complexity index is 1760. The number of hydrogen-bond donors (Lipinski definition) is 3. The van der Waals surface area contributed by atoms with E-state index in [0.717, 1.165) is 16.5 Å². The Morgan fingerprint density at radius 3 is 2.72 bits per heavy atom. The van der Waals surface area contributed by atoms with Crippen molar-refractivity contribution in [2.75, 3.05) is 13.1 Å². The van der Waals surface area contributed by atoms with Crippen LogP contribution in [-0.2, 0) is 4.79 Å². The van der Waals surface area contributed by atoms with Gasteiger partial charge in [0.15, 0.2) is 0 Å². The average Bonchev–Trinajstić information content (AvgIpc) is 3.36. The molecule has 0 radical (unpaired) electrons. The Morgan fingerprint density at radius 1 is 1.14 bits per heavy atom. The maximum atomic E-state index is 13.1. The Balaban J connectivity index is 1.51. The number of hydrogen-bond acceptors (Lipinski definition) is 7. The number of pyridine rings is 2. The molecule has 1 saturated heterocycles. The first-order chi connectivity index (χ1) is 17.4. The molecule has 1 amide bonds. The predicted octanol–water partition coefficient (Wildman–Crippen LogP) is 1.72. The summed E-state index contributed by atoms with van der Waals surface area (Å²) in [7, 11) is 0. The van der Waals surface area contributed by atoms with Gasteiger partial charge in [0.05, 0.1) is 33.8 Å². The number of rotatable bonds is 3. The standard InChI is InChI=1S/C25H23N7O4/c1-13(33)24(35)31-8-6-16(7-9-31)32-22-17(23(34)29-25(32)36)12-26-20-5-4-18(28-21(20)22)14-2-3-19-15(10-14)11-27-30-19/h2-5,10-13,16,33H,6-9H2,1H3,(H,27,30)(H,29,34,36)/t13-/m0/s1. The second kappa shape index (κ2) is 8.38. The van der Waals surface area contributed by atoms with Crippen molar-refractivity contribution in [2.45, 2.75) is 31.9 Å². The molecular weight excluding hydrogens is 462 g/mol. The molecule has 0 saturated carbocycles. The van der Waals surface area contributed by atoms with Crippen molar-refractivity contribution < 1.29 is 9.90 Å². The van der Waals surface area contributed by atoms with Crippen LogP contribution in [0.3, 0.4) is 0 Å². The second-order valence-electron chi connectivity index (χ2n) is 9.12. The first-order valence-corrected chi connectivity index (χ1v) is 11.8. The lowest BCUT2D eigenvalue weighted by Gasteiger charge is -2.34. The topological polar surface area (TPSA) is 150 Å². The molecule has 0 aliphatic carbocycles. The molecule has 5 aromatic rings. The molecule has 1 atom stereocenters.